The van der Waals surface area contributed by atoms with E-state index < -0.39 is 5.82 Å². The zero-order valence-corrected chi connectivity index (χ0v) is 10.5. The topological polar surface area (TPSA) is 61.8 Å². The zero-order valence-electron chi connectivity index (χ0n) is 10.5. The molecule has 1 unspecified atom stereocenters. The van der Waals surface area contributed by atoms with Crippen molar-refractivity contribution in [2.75, 3.05) is 11.1 Å². The Morgan fingerprint density at radius 1 is 1.21 bits per heavy atom. The lowest BCUT2D eigenvalue weighted by atomic mass is 10.1. The van der Waals surface area contributed by atoms with Crippen LogP contribution in [0.25, 0.3) is 0 Å². The first-order valence-corrected chi connectivity index (χ1v) is 5.92. The summed E-state index contributed by atoms with van der Waals surface area (Å²) in [4.78, 5) is 0. The van der Waals surface area contributed by atoms with Crippen LogP contribution < -0.4 is 11.1 Å². The summed E-state index contributed by atoms with van der Waals surface area (Å²) < 4.78 is 13.5. The molecule has 3 N–H and O–H groups in total. The third-order valence-electron chi connectivity index (χ3n) is 2.93. The molecule has 0 bridgehead atoms. The highest BCUT2D eigenvalue weighted by Gasteiger charge is 2.11. The van der Waals surface area contributed by atoms with Crippen LogP contribution >= 0.6 is 0 Å². The predicted molar refractivity (Wildman–Crippen MR) is 74.0 cm³/mol. The van der Waals surface area contributed by atoms with Gasteiger partial charge in [-0.3, -0.25) is 0 Å². The van der Waals surface area contributed by atoms with Crippen molar-refractivity contribution in [3.63, 3.8) is 0 Å². The lowest BCUT2D eigenvalue weighted by Gasteiger charge is -2.17. The highest BCUT2D eigenvalue weighted by Crippen LogP contribution is 2.24. The monoisotopic (exact) mass is 255 g/mol. The number of anilines is 2. The normalized spacial score (nSPS) is 11.6. The molecule has 0 saturated heterocycles. The van der Waals surface area contributed by atoms with Crippen LogP contribution in [0.3, 0.4) is 0 Å². The second-order valence-corrected chi connectivity index (χ2v) is 4.31. The highest BCUT2D eigenvalue weighted by molar-refractivity contribution is 5.59. The van der Waals surface area contributed by atoms with Crippen LogP contribution in [0.1, 0.15) is 24.1 Å². The molecule has 3 nitrogen and oxygen atoms in total. The van der Waals surface area contributed by atoms with Crippen LogP contribution in [0, 0.1) is 17.1 Å². The van der Waals surface area contributed by atoms with Gasteiger partial charge in [-0.25, -0.2) is 4.39 Å². The molecule has 0 aliphatic rings. The van der Waals surface area contributed by atoms with Gasteiger partial charge in [0.15, 0.2) is 0 Å². The van der Waals surface area contributed by atoms with E-state index in [1.165, 1.54) is 6.07 Å². The van der Waals surface area contributed by atoms with Gasteiger partial charge in [0.1, 0.15) is 17.4 Å². The maximum atomic E-state index is 13.5. The van der Waals surface area contributed by atoms with E-state index in [4.69, 9.17) is 11.0 Å². The number of halogens is 1. The number of hydrogen-bond acceptors (Lipinski definition) is 3. The van der Waals surface area contributed by atoms with Gasteiger partial charge < -0.3 is 11.1 Å². The molecule has 0 heterocycles. The van der Waals surface area contributed by atoms with Crippen LogP contribution in [0.15, 0.2) is 42.5 Å². The van der Waals surface area contributed by atoms with Crippen LogP contribution in [0.2, 0.25) is 0 Å². The van der Waals surface area contributed by atoms with Gasteiger partial charge >= 0.3 is 0 Å². The van der Waals surface area contributed by atoms with Crippen molar-refractivity contribution in [3.05, 3.63) is 59.4 Å². The van der Waals surface area contributed by atoms with E-state index in [1.54, 1.807) is 12.1 Å². The summed E-state index contributed by atoms with van der Waals surface area (Å²) in [5.74, 6) is -0.517. The minimum Gasteiger partial charge on any atom is -0.399 e. The van der Waals surface area contributed by atoms with Gasteiger partial charge in [0.05, 0.1) is 5.69 Å². The molecule has 2 rings (SSSR count). The molecule has 0 radical (unpaired) electrons. The number of nitriles is 1. The van der Waals surface area contributed by atoms with Gasteiger partial charge in [0, 0.05) is 11.7 Å². The first kappa shape index (κ1) is 12.9. The molecule has 0 saturated carbocycles. The number of nitrogens with zero attached hydrogens (tertiary/aromatic N) is 1. The average molecular weight is 255 g/mol. The Bertz CT molecular complexity index is 614. The summed E-state index contributed by atoms with van der Waals surface area (Å²) in [5, 5.41) is 12.1. The molecule has 2 aromatic carbocycles. The lowest BCUT2D eigenvalue weighted by molar-refractivity contribution is 0.624. The fourth-order valence-corrected chi connectivity index (χ4v) is 1.86. The van der Waals surface area contributed by atoms with Crippen molar-refractivity contribution in [3.8, 4) is 6.07 Å². The molecule has 0 spiro atoms. The molecule has 1 atom stereocenters. The van der Waals surface area contributed by atoms with Crippen LogP contribution in [0.4, 0.5) is 15.8 Å². The fourth-order valence-electron chi connectivity index (χ4n) is 1.86. The summed E-state index contributed by atoms with van der Waals surface area (Å²) in [6.07, 6.45) is 0. The summed E-state index contributed by atoms with van der Waals surface area (Å²) in [7, 11) is 0. The van der Waals surface area contributed by atoms with E-state index in [0.29, 0.717) is 11.4 Å². The van der Waals surface area contributed by atoms with E-state index >= 15 is 0 Å². The first-order chi connectivity index (χ1) is 9.11. The SMILES string of the molecule is CC(Nc1cccc(F)c1C#N)c1ccc(N)cc1. The van der Waals surface area contributed by atoms with Crippen LogP contribution in [-0.2, 0) is 0 Å². The smallest absolute Gasteiger partial charge is 0.143 e. The van der Waals surface area contributed by atoms with Gasteiger partial charge in [-0.05, 0) is 36.8 Å². The van der Waals surface area contributed by atoms with Crippen molar-refractivity contribution in [2.24, 2.45) is 0 Å². The van der Waals surface area contributed by atoms with Gasteiger partial charge in [-0.1, -0.05) is 18.2 Å². The van der Waals surface area contributed by atoms with E-state index in [9.17, 15) is 4.39 Å². The molecular formula is C15H14FN3. The number of rotatable bonds is 3. The summed E-state index contributed by atoms with van der Waals surface area (Å²) >= 11 is 0. The predicted octanol–water partition coefficient (Wildman–Crippen LogP) is 3.45. The minimum atomic E-state index is -0.517. The Kier molecular flexibility index (Phi) is 3.67. The summed E-state index contributed by atoms with van der Waals surface area (Å²) in [5.41, 5.74) is 7.87. The summed E-state index contributed by atoms with van der Waals surface area (Å²) in [6.45, 7) is 1.94. The van der Waals surface area contributed by atoms with Crippen molar-refractivity contribution in [1.29, 1.82) is 5.26 Å². The van der Waals surface area contributed by atoms with Crippen molar-refractivity contribution < 1.29 is 4.39 Å². The molecule has 0 aliphatic heterocycles. The molecule has 2 aromatic rings. The van der Waals surface area contributed by atoms with Gasteiger partial charge in [-0.2, -0.15) is 5.26 Å². The Hall–Kier alpha value is -2.54. The zero-order chi connectivity index (χ0) is 13.8. The average Bonchev–Trinajstić information content (AvgIpc) is 2.39. The van der Waals surface area contributed by atoms with E-state index in [1.807, 2.05) is 37.3 Å². The molecule has 96 valence electrons. The number of hydrogen-bond donors (Lipinski definition) is 2. The van der Waals surface area contributed by atoms with E-state index in [0.717, 1.165) is 5.56 Å². The number of nitrogens with two attached hydrogens (primary N) is 1. The Morgan fingerprint density at radius 3 is 2.53 bits per heavy atom. The van der Waals surface area contributed by atoms with Gasteiger partial charge in [-0.15, -0.1) is 0 Å². The molecular weight excluding hydrogens is 241 g/mol. The molecule has 4 heteroatoms. The van der Waals surface area contributed by atoms with E-state index in [2.05, 4.69) is 5.32 Å². The standard InChI is InChI=1S/C15H14FN3/c1-10(11-5-7-12(18)8-6-11)19-15-4-2-3-14(16)13(15)9-17/h2-8,10,19H,18H2,1H3. The fraction of sp³-hybridized carbons (Fsp3) is 0.133. The highest BCUT2D eigenvalue weighted by atomic mass is 19.1. The molecule has 0 fully saturated rings. The second kappa shape index (κ2) is 5.40. The maximum Gasteiger partial charge on any atom is 0.143 e. The van der Waals surface area contributed by atoms with Gasteiger partial charge in [0.2, 0.25) is 0 Å². The van der Waals surface area contributed by atoms with Crippen LogP contribution in [0.5, 0.6) is 0 Å². The number of nitrogens with one attached hydrogen (secondary N) is 1. The third kappa shape index (κ3) is 2.83. The van der Waals surface area contributed by atoms with Crippen molar-refractivity contribution in [2.45, 2.75) is 13.0 Å². The van der Waals surface area contributed by atoms with Crippen molar-refractivity contribution >= 4 is 11.4 Å². The molecule has 0 aromatic heterocycles. The summed E-state index contributed by atoms with van der Waals surface area (Å²) in [6, 6.07) is 13.8. The Labute approximate surface area is 111 Å². The minimum absolute atomic E-state index is 0.0322. The second-order valence-electron chi connectivity index (χ2n) is 4.31. The molecule has 0 amide bonds. The quantitative estimate of drug-likeness (QED) is 0.826. The largest absolute Gasteiger partial charge is 0.399 e. The number of nitrogen functional groups attached to an aromatic ring is 1. The first-order valence-electron chi connectivity index (χ1n) is 5.92. The lowest BCUT2D eigenvalue weighted by Crippen LogP contribution is -2.08. The number of benzene rings is 2. The molecule has 0 aliphatic carbocycles. The molecule has 19 heavy (non-hydrogen) atoms. The maximum absolute atomic E-state index is 13.5. The Morgan fingerprint density at radius 2 is 1.89 bits per heavy atom. The third-order valence-corrected chi connectivity index (χ3v) is 2.93. The van der Waals surface area contributed by atoms with E-state index in [-0.39, 0.29) is 11.6 Å². The van der Waals surface area contributed by atoms with Gasteiger partial charge in [0.25, 0.3) is 0 Å². The van der Waals surface area contributed by atoms with Crippen molar-refractivity contribution in [1.82, 2.24) is 0 Å². The van der Waals surface area contributed by atoms with Crippen LogP contribution in [-0.4, -0.2) is 0 Å². The Balaban J connectivity index is 2.24.